The minimum Gasteiger partial charge on any atom is -0.381 e. The number of rotatable bonds is 3. The van der Waals surface area contributed by atoms with Gasteiger partial charge in [-0.1, -0.05) is 24.6 Å². The van der Waals surface area contributed by atoms with Crippen molar-refractivity contribution in [2.75, 3.05) is 7.11 Å². The first-order chi connectivity index (χ1) is 9.75. The Morgan fingerprint density at radius 3 is 2.80 bits per heavy atom. The smallest absolute Gasteiger partial charge is 0.133 e. The first kappa shape index (κ1) is 13.3. The van der Waals surface area contributed by atoms with Gasteiger partial charge >= 0.3 is 0 Å². The SMILES string of the molecule is COC1CCCCC1(O)c1ccnn1-c1ccccc1. The molecule has 0 saturated heterocycles. The molecule has 2 aromatic rings. The third-order valence-electron chi connectivity index (χ3n) is 4.18. The zero-order valence-electron chi connectivity index (χ0n) is 11.7. The normalized spacial score (nSPS) is 26.6. The quantitative estimate of drug-likeness (QED) is 0.934. The summed E-state index contributed by atoms with van der Waals surface area (Å²) in [5.41, 5.74) is 0.816. The Morgan fingerprint density at radius 1 is 1.25 bits per heavy atom. The fourth-order valence-electron chi connectivity index (χ4n) is 3.14. The molecular formula is C16H20N2O2. The Kier molecular flexibility index (Phi) is 3.59. The summed E-state index contributed by atoms with van der Waals surface area (Å²) in [7, 11) is 1.67. The van der Waals surface area contributed by atoms with Gasteiger partial charge in [0.1, 0.15) is 5.60 Å². The molecule has 0 spiro atoms. The molecule has 1 heterocycles. The molecule has 2 unspecified atom stereocenters. The first-order valence-electron chi connectivity index (χ1n) is 7.11. The maximum Gasteiger partial charge on any atom is 0.133 e. The van der Waals surface area contributed by atoms with Gasteiger partial charge in [-0.15, -0.1) is 0 Å². The van der Waals surface area contributed by atoms with E-state index in [0.29, 0.717) is 6.42 Å². The van der Waals surface area contributed by atoms with Crippen LogP contribution in [0.2, 0.25) is 0 Å². The second-order valence-corrected chi connectivity index (χ2v) is 5.36. The molecule has 1 aliphatic rings. The topological polar surface area (TPSA) is 47.3 Å². The van der Waals surface area contributed by atoms with Crippen LogP contribution in [-0.4, -0.2) is 28.1 Å². The molecule has 1 saturated carbocycles. The fraction of sp³-hybridized carbons (Fsp3) is 0.438. The first-order valence-corrected chi connectivity index (χ1v) is 7.11. The van der Waals surface area contributed by atoms with Crippen molar-refractivity contribution in [2.45, 2.75) is 37.4 Å². The van der Waals surface area contributed by atoms with Crippen molar-refractivity contribution in [3.05, 3.63) is 48.3 Å². The molecule has 0 aliphatic heterocycles. The molecule has 2 atom stereocenters. The lowest BCUT2D eigenvalue weighted by molar-refractivity contribution is -0.126. The van der Waals surface area contributed by atoms with Crippen LogP contribution in [0.4, 0.5) is 0 Å². The number of hydrogen-bond acceptors (Lipinski definition) is 3. The van der Waals surface area contributed by atoms with Crippen LogP contribution < -0.4 is 0 Å². The Hall–Kier alpha value is -1.65. The van der Waals surface area contributed by atoms with Crippen LogP contribution in [0.5, 0.6) is 0 Å². The van der Waals surface area contributed by atoms with Crippen LogP contribution in [0.3, 0.4) is 0 Å². The fourth-order valence-corrected chi connectivity index (χ4v) is 3.14. The van der Waals surface area contributed by atoms with E-state index < -0.39 is 5.60 Å². The van der Waals surface area contributed by atoms with Gasteiger partial charge in [0.15, 0.2) is 0 Å². The van der Waals surface area contributed by atoms with Crippen molar-refractivity contribution in [2.24, 2.45) is 0 Å². The van der Waals surface area contributed by atoms with Gasteiger partial charge in [0.2, 0.25) is 0 Å². The Bertz CT molecular complexity index is 567. The van der Waals surface area contributed by atoms with Crippen LogP contribution in [0.1, 0.15) is 31.4 Å². The van der Waals surface area contributed by atoms with Gasteiger partial charge in [0.25, 0.3) is 0 Å². The number of aliphatic hydroxyl groups is 1. The van der Waals surface area contributed by atoms with E-state index in [1.807, 2.05) is 41.1 Å². The van der Waals surface area contributed by atoms with Crippen molar-refractivity contribution in [1.82, 2.24) is 9.78 Å². The van der Waals surface area contributed by atoms with Gasteiger partial charge in [0, 0.05) is 13.3 Å². The van der Waals surface area contributed by atoms with Gasteiger partial charge in [0.05, 0.1) is 17.5 Å². The molecule has 4 heteroatoms. The van der Waals surface area contributed by atoms with E-state index in [4.69, 9.17) is 4.74 Å². The molecule has 0 bridgehead atoms. The number of ether oxygens (including phenoxy) is 1. The molecule has 0 amide bonds. The van der Waals surface area contributed by atoms with Gasteiger partial charge in [-0.05, 0) is 37.5 Å². The number of aromatic nitrogens is 2. The van der Waals surface area contributed by atoms with E-state index in [9.17, 15) is 5.11 Å². The maximum atomic E-state index is 11.1. The highest BCUT2D eigenvalue weighted by atomic mass is 16.5. The van der Waals surface area contributed by atoms with Crippen molar-refractivity contribution in [1.29, 1.82) is 0 Å². The highest BCUT2D eigenvalue weighted by Crippen LogP contribution is 2.39. The average Bonchev–Trinajstić information content (AvgIpc) is 2.99. The van der Waals surface area contributed by atoms with E-state index in [2.05, 4.69) is 5.10 Å². The molecule has 3 rings (SSSR count). The Labute approximate surface area is 119 Å². The molecule has 20 heavy (non-hydrogen) atoms. The third kappa shape index (κ3) is 2.15. The molecule has 1 fully saturated rings. The summed E-state index contributed by atoms with van der Waals surface area (Å²) in [5.74, 6) is 0. The van der Waals surface area contributed by atoms with Crippen LogP contribution in [0.15, 0.2) is 42.6 Å². The molecule has 1 aromatic carbocycles. The van der Waals surface area contributed by atoms with Gasteiger partial charge < -0.3 is 9.84 Å². The summed E-state index contributed by atoms with van der Waals surface area (Å²) < 4.78 is 7.35. The molecule has 1 aromatic heterocycles. The zero-order chi connectivity index (χ0) is 14.0. The summed E-state index contributed by atoms with van der Waals surface area (Å²) in [6.45, 7) is 0. The lowest BCUT2D eigenvalue weighted by atomic mass is 9.79. The maximum absolute atomic E-state index is 11.1. The Balaban J connectivity index is 2.04. The predicted octanol–water partition coefficient (Wildman–Crippen LogP) is 2.65. The van der Waals surface area contributed by atoms with Gasteiger partial charge in [-0.2, -0.15) is 5.10 Å². The summed E-state index contributed by atoms with van der Waals surface area (Å²) in [6, 6.07) is 11.8. The molecular weight excluding hydrogens is 252 g/mol. The van der Waals surface area contributed by atoms with Crippen molar-refractivity contribution < 1.29 is 9.84 Å². The van der Waals surface area contributed by atoms with Crippen LogP contribution >= 0.6 is 0 Å². The minimum atomic E-state index is -0.959. The van der Waals surface area contributed by atoms with Crippen LogP contribution in [-0.2, 0) is 10.3 Å². The molecule has 106 valence electrons. The monoisotopic (exact) mass is 272 g/mol. The lowest BCUT2D eigenvalue weighted by Gasteiger charge is -2.39. The second kappa shape index (κ2) is 5.38. The standard InChI is InChI=1S/C16H20N2O2/c1-20-15-9-5-6-11-16(15,19)14-10-12-17-18(14)13-7-3-2-4-8-13/h2-4,7-8,10,12,15,19H,5-6,9,11H2,1H3. The lowest BCUT2D eigenvalue weighted by Crippen LogP contribution is -2.44. The number of nitrogens with zero attached hydrogens (tertiary/aromatic N) is 2. The van der Waals surface area contributed by atoms with Crippen LogP contribution in [0, 0.1) is 0 Å². The van der Waals surface area contributed by atoms with E-state index in [0.717, 1.165) is 30.6 Å². The summed E-state index contributed by atoms with van der Waals surface area (Å²) in [6.07, 6.45) is 5.27. The number of benzene rings is 1. The van der Waals surface area contributed by atoms with Gasteiger partial charge in [-0.25, -0.2) is 4.68 Å². The molecule has 4 nitrogen and oxygen atoms in total. The van der Waals surface area contributed by atoms with E-state index >= 15 is 0 Å². The molecule has 1 aliphatic carbocycles. The van der Waals surface area contributed by atoms with Crippen molar-refractivity contribution in [3.8, 4) is 5.69 Å². The minimum absolute atomic E-state index is 0.171. The average molecular weight is 272 g/mol. The third-order valence-corrected chi connectivity index (χ3v) is 4.18. The van der Waals surface area contributed by atoms with Crippen LogP contribution in [0.25, 0.3) is 5.69 Å². The predicted molar refractivity (Wildman–Crippen MR) is 76.7 cm³/mol. The zero-order valence-corrected chi connectivity index (χ0v) is 11.7. The Morgan fingerprint density at radius 2 is 2.05 bits per heavy atom. The van der Waals surface area contributed by atoms with Crippen molar-refractivity contribution in [3.63, 3.8) is 0 Å². The summed E-state index contributed by atoms with van der Waals surface area (Å²) >= 11 is 0. The summed E-state index contributed by atoms with van der Waals surface area (Å²) in [4.78, 5) is 0. The molecule has 1 N–H and O–H groups in total. The number of methoxy groups -OCH3 is 1. The molecule has 0 radical (unpaired) electrons. The van der Waals surface area contributed by atoms with E-state index in [1.54, 1.807) is 13.3 Å². The van der Waals surface area contributed by atoms with Gasteiger partial charge in [-0.3, -0.25) is 0 Å². The number of hydrogen-bond donors (Lipinski definition) is 1. The highest BCUT2D eigenvalue weighted by Gasteiger charge is 2.43. The largest absolute Gasteiger partial charge is 0.381 e. The highest BCUT2D eigenvalue weighted by molar-refractivity contribution is 5.34. The second-order valence-electron chi connectivity index (χ2n) is 5.36. The summed E-state index contributed by atoms with van der Waals surface area (Å²) in [5, 5.41) is 15.5. The van der Waals surface area contributed by atoms with Crippen molar-refractivity contribution >= 4 is 0 Å². The van der Waals surface area contributed by atoms with E-state index in [-0.39, 0.29) is 6.10 Å². The number of para-hydroxylation sites is 1. The van der Waals surface area contributed by atoms with E-state index in [1.165, 1.54) is 0 Å².